The molecule has 6 nitrogen and oxygen atoms in total. The van der Waals surface area contributed by atoms with E-state index in [0.717, 1.165) is 32.8 Å². The molecular formula is C9H15N6+. The van der Waals surface area contributed by atoms with Crippen LogP contribution in [-0.4, -0.2) is 53.9 Å². The van der Waals surface area contributed by atoms with Gasteiger partial charge >= 0.3 is 0 Å². The molecule has 1 aromatic heterocycles. The standard InChI is InChI=1S/C9H15N6/c1-4-13(7-10-1)15(6-3-12-9-15)14-5-2-11-8-14/h1,4,7,9,11H,2-3,5-6,8H2/q+1. The van der Waals surface area contributed by atoms with Crippen molar-refractivity contribution in [2.75, 3.05) is 32.8 Å². The van der Waals surface area contributed by atoms with E-state index in [1.165, 1.54) is 0 Å². The first-order chi connectivity index (χ1) is 7.42. The molecule has 2 aliphatic heterocycles. The van der Waals surface area contributed by atoms with E-state index in [-0.39, 0.29) is 0 Å². The van der Waals surface area contributed by atoms with Gasteiger partial charge in [-0.3, -0.25) is 5.32 Å². The maximum Gasteiger partial charge on any atom is 0.231 e. The summed E-state index contributed by atoms with van der Waals surface area (Å²) < 4.78 is 2.76. The first-order valence-electron chi connectivity index (χ1n) is 5.25. The van der Waals surface area contributed by atoms with E-state index in [9.17, 15) is 0 Å². The van der Waals surface area contributed by atoms with Crippen LogP contribution in [0.5, 0.6) is 0 Å². The molecule has 0 aliphatic carbocycles. The van der Waals surface area contributed by atoms with E-state index in [1.54, 1.807) is 0 Å². The summed E-state index contributed by atoms with van der Waals surface area (Å²) in [6.07, 6.45) is 7.68. The summed E-state index contributed by atoms with van der Waals surface area (Å²) in [7, 11) is 0. The quantitative estimate of drug-likeness (QED) is 0.642. The van der Waals surface area contributed by atoms with Gasteiger partial charge in [0.1, 0.15) is 19.5 Å². The van der Waals surface area contributed by atoms with Crippen LogP contribution in [0.15, 0.2) is 23.7 Å². The van der Waals surface area contributed by atoms with Crippen LogP contribution >= 0.6 is 0 Å². The minimum atomic E-state index is 0.660. The average molecular weight is 207 g/mol. The number of hydrogen-bond donors (Lipinski definition) is 1. The maximum atomic E-state index is 4.37. The topological polar surface area (TPSA) is 45.5 Å². The van der Waals surface area contributed by atoms with Gasteiger partial charge in [-0.05, 0) is 0 Å². The molecule has 1 unspecified atom stereocenters. The molecule has 6 heteroatoms. The van der Waals surface area contributed by atoms with Crippen LogP contribution < -0.4 is 10.0 Å². The molecule has 0 bridgehead atoms. The maximum absolute atomic E-state index is 4.37. The lowest BCUT2D eigenvalue weighted by molar-refractivity contribution is -0.00626. The van der Waals surface area contributed by atoms with Gasteiger partial charge in [0.05, 0.1) is 25.5 Å². The number of aliphatic imine (C=N–C) groups is 1. The molecule has 15 heavy (non-hydrogen) atoms. The first kappa shape index (κ1) is 9.02. The van der Waals surface area contributed by atoms with Crippen molar-refractivity contribution in [2.24, 2.45) is 4.99 Å². The SMILES string of the molecule is C1=NCC[N+]1(N1CCNC1)n1ccnc1. The Morgan fingerprint density at radius 3 is 3.00 bits per heavy atom. The lowest BCUT2D eigenvalue weighted by atomic mass is 10.6. The third-order valence-electron chi connectivity index (χ3n) is 3.05. The van der Waals surface area contributed by atoms with Crippen molar-refractivity contribution in [3.05, 3.63) is 18.7 Å². The first-order valence-corrected chi connectivity index (χ1v) is 5.25. The second-order valence-corrected chi connectivity index (χ2v) is 3.86. The Hall–Kier alpha value is -1.24. The number of nitrogens with one attached hydrogen (secondary N) is 1. The zero-order valence-electron chi connectivity index (χ0n) is 8.58. The number of imidazole rings is 1. The van der Waals surface area contributed by atoms with E-state index in [0.29, 0.717) is 4.70 Å². The predicted octanol–water partition coefficient (Wildman–Crippen LogP) is -0.858. The van der Waals surface area contributed by atoms with Crippen molar-refractivity contribution < 1.29 is 0 Å². The molecule has 0 spiro atoms. The fraction of sp³-hybridized carbons (Fsp3) is 0.556. The van der Waals surface area contributed by atoms with Gasteiger partial charge in [0.25, 0.3) is 0 Å². The number of aromatic nitrogens is 2. The molecule has 0 radical (unpaired) electrons. The smallest absolute Gasteiger partial charge is 0.231 e. The van der Waals surface area contributed by atoms with Crippen LogP contribution in [0.1, 0.15) is 0 Å². The Labute approximate surface area is 88.4 Å². The molecule has 0 aromatic carbocycles. The molecule has 3 rings (SSSR count). The molecule has 1 aromatic rings. The van der Waals surface area contributed by atoms with Crippen molar-refractivity contribution in [2.45, 2.75) is 0 Å². The van der Waals surface area contributed by atoms with Crippen LogP contribution in [0.25, 0.3) is 0 Å². The van der Waals surface area contributed by atoms with Crippen molar-refractivity contribution in [1.29, 1.82) is 0 Å². The van der Waals surface area contributed by atoms with Gasteiger partial charge in [0, 0.05) is 6.54 Å². The van der Waals surface area contributed by atoms with Crippen molar-refractivity contribution >= 4 is 6.34 Å². The summed E-state index contributed by atoms with van der Waals surface area (Å²) in [5, 5.41) is 5.71. The number of rotatable bonds is 2. The van der Waals surface area contributed by atoms with Crippen molar-refractivity contribution in [3.63, 3.8) is 0 Å². The van der Waals surface area contributed by atoms with Gasteiger partial charge in [-0.15, -0.1) is 5.01 Å². The summed E-state index contributed by atoms with van der Waals surface area (Å²) >= 11 is 0. The van der Waals surface area contributed by atoms with E-state index < -0.39 is 0 Å². The van der Waals surface area contributed by atoms with E-state index in [2.05, 4.69) is 25.0 Å². The molecule has 1 saturated heterocycles. The molecular weight excluding hydrogens is 192 g/mol. The summed E-state index contributed by atoms with van der Waals surface area (Å²) in [4.78, 5) is 8.49. The highest BCUT2D eigenvalue weighted by Gasteiger charge is 2.41. The highest BCUT2D eigenvalue weighted by Crippen LogP contribution is 2.13. The summed E-state index contributed by atoms with van der Waals surface area (Å²) in [6.45, 7) is 4.86. The highest BCUT2D eigenvalue weighted by atomic mass is 16.0. The van der Waals surface area contributed by atoms with Gasteiger partial charge in [-0.2, -0.15) is 4.68 Å². The average Bonchev–Trinajstić information content (AvgIpc) is 3.02. The van der Waals surface area contributed by atoms with E-state index >= 15 is 0 Å². The molecule has 1 N–H and O–H groups in total. The van der Waals surface area contributed by atoms with Crippen LogP contribution in [0.3, 0.4) is 0 Å². The Morgan fingerprint density at radius 1 is 1.40 bits per heavy atom. The summed E-state index contributed by atoms with van der Waals surface area (Å²) in [5.41, 5.74) is 0. The van der Waals surface area contributed by atoms with Crippen LogP contribution in [0.2, 0.25) is 0 Å². The Balaban J connectivity index is 1.98. The predicted molar refractivity (Wildman–Crippen MR) is 57.6 cm³/mol. The second-order valence-electron chi connectivity index (χ2n) is 3.86. The van der Waals surface area contributed by atoms with Gasteiger partial charge in [-0.25, -0.2) is 9.98 Å². The van der Waals surface area contributed by atoms with Gasteiger partial charge < -0.3 is 0 Å². The van der Waals surface area contributed by atoms with E-state index in [1.807, 2.05) is 25.1 Å². The number of quaternary nitrogens is 1. The van der Waals surface area contributed by atoms with Gasteiger partial charge in [0.2, 0.25) is 6.34 Å². The minimum absolute atomic E-state index is 0.660. The molecule has 0 saturated carbocycles. The van der Waals surface area contributed by atoms with Crippen molar-refractivity contribution in [3.8, 4) is 0 Å². The minimum Gasteiger partial charge on any atom is -0.298 e. The highest BCUT2D eigenvalue weighted by molar-refractivity contribution is 5.63. The zero-order valence-corrected chi connectivity index (χ0v) is 8.58. The normalized spacial score (nSPS) is 31.5. The Kier molecular flexibility index (Phi) is 2.05. The van der Waals surface area contributed by atoms with Crippen molar-refractivity contribution in [1.82, 2.24) is 24.7 Å². The Morgan fingerprint density at radius 2 is 2.40 bits per heavy atom. The fourth-order valence-corrected chi connectivity index (χ4v) is 2.23. The monoisotopic (exact) mass is 207 g/mol. The lowest BCUT2D eigenvalue weighted by Gasteiger charge is -2.35. The number of hydrogen-bond acceptors (Lipinski definition) is 4. The van der Waals surface area contributed by atoms with E-state index in [4.69, 9.17) is 0 Å². The Bertz CT molecular complexity index is 353. The van der Waals surface area contributed by atoms with Gasteiger partial charge in [-0.1, -0.05) is 4.70 Å². The lowest BCUT2D eigenvalue weighted by Crippen LogP contribution is -2.66. The third kappa shape index (κ3) is 1.30. The second kappa shape index (κ2) is 3.41. The van der Waals surface area contributed by atoms with Crippen LogP contribution in [0, 0.1) is 0 Å². The largest absolute Gasteiger partial charge is 0.298 e. The molecule has 0 amide bonds. The fourth-order valence-electron chi connectivity index (χ4n) is 2.23. The molecule has 1 atom stereocenters. The van der Waals surface area contributed by atoms with Crippen LogP contribution in [0.4, 0.5) is 0 Å². The summed E-state index contributed by atoms with van der Waals surface area (Å²) in [5.74, 6) is 0. The third-order valence-corrected chi connectivity index (χ3v) is 3.05. The molecule has 80 valence electrons. The summed E-state index contributed by atoms with van der Waals surface area (Å²) in [6, 6.07) is 0. The van der Waals surface area contributed by atoms with Gasteiger partial charge in [0.15, 0.2) is 0 Å². The zero-order chi connectivity index (χ0) is 10.1. The van der Waals surface area contributed by atoms with Crippen LogP contribution in [-0.2, 0) is 0 Å². The number of nitrogens with zero attached hydrogens (tertiary/aromatic N) is 5. The molecule has 3 heterocycles. The molecule has 2 aliphatic rings. The molecule has 1 fully saturated rings.